The van der Waals surface area contributed by atoms with Crippen LogP contribution in [0.1, 0.15) is 28.8 Å². The molecule has 1 fully saturated rings. The highest BCUT2D eigenvalue weighted by atomic mass is 16.5. The Morgan fingerprint density at radius 3 is 2.92 bits per heavy atom. The molecule has 0 aliphatic carbocycles. The zero-order chi connectivity index (χ0) is 17.9. The normalized spacial score (nSPS) is 20.5. The maximum absolute atomic E-state index is 12.7. The maximum atomic E-state index is 12.7. The second-order valence-electron chi connectivity index (χ2n) is 6.73. The Kier molecular flexibility index (Phi) is 5.08. The topological polar surface area (TPSA) is 56.6 Å². The van der Waals surface area contributed by atoms with E-state index in [-0.39, 0.29) is 5.91 Å². The van der Waals surface area contributed by atoms with Crippen LogP contribution in [0.2, 0.25) is 0 Å². The summed E-state index contributed by atoms with van der Waals surface area (Å²) >= 11 is 0. The molecule has 0 saturated carbocycles. The summed E-state index contributed by atoms with van der Waals surface area (Å²) in [7, 11) is 3.50. The summed E-state index contributed by atoms with van der Waals surface area (Å²) in [5, 5.41) is 4.09. The predicted molar refractivity (Wildman–Crippen MR) is 94.8 cm³/mol. The van der Waals surface area contributed by atoms with Gasteiger partial charge in [-0.1, -0.05) is 12.1 Å². The van der Waals surface area contributed by atoms with Gasteiger partial charge in [0.25, 0.3) is 5.91 Å². The molecule has 134 valence electrons. The zero-order valence-corrected chi connectivity index (χ0v) is 15.1. The molecule has 1 aromatic carbocycles. The number of hydrogen-bond acceptors (Lipinski definition) is 4. The number of piperidine rings is 1. The van der Waals surface area contributed by atoms with Crippen LogP contribution in [0.4, 0.5) is 0 Å². The molecule has 0 N–H and O–H groups in total. The van der Waals surface area contributed by atoms with Crippen LogP contribution in [0.3, 0.4) is 0 Å². The first-order chi connectivity index (χ1) is 12.0. The second-order valence-corrected chi connectivity index (χ2v) is 6.73. The first-order valence-electron chi connectivity index (χ1n) is 8.54. The van der Waals surface area contributed by atoms with Crippen LogP contribution in [0.15, 0.2) is 36.7 Å². The van der Waals surface area contributed by atoms with Crippen LogP contribution in [-0.2, 0) is 11.8 Å². The van der Waals surface area contributed by atoms with Gasteiger partial charge in [-0.3, -0.25) is 9.48 Å². The van der Waals surface area contributed by atoms with E-state index in [0.29, 0.717) is 18.7 Å². The lowest BCUT2D eigenvalue weighted by atomic mass is 9.93. The third kappa shape index (κ3) is 4.02. The van der Waals surface area contributed by atoms with Gasteiger partial charge in [0.1, 0.15) is 18.0 Å². The van der Waals surface area contributed by atoms with Gasteiger partial charge in [-0.25, -0.2) is 0 Å². The highest BCUT2D eigenvalue weighted by Crippen LogP contribution is 2.27. The van der Waals surface area contributed by atoms with Crippen molar-refractivity contribution >= 4 is 5.91 Å². The molecular weight excluding hydrogens is 318 g/mol. The van der Waals surface area contributed by atoms with Gasteiger partial charge in [0.05, 0.1) is 18.3 Å². The lowest BCUT2D eigenvalue weighted by molar-refractivity contribution is -0.0825. The largest absolute Gasteiger partial charge is 0.491 e. The number of methoxy groups -OCH3 is 1. The number of amides is 1. The summed E-state index contributed by atoms with van der Waals surface area (Å²) in [5.74, 6) is 0.817. The molecule has 6 heteroatoms. The highest BCUT2D eigenvalue weighted by Gasteiger charge is 2.38. The van der Waals surface area contributed by atoms with E-state index < -0.39 is 5.60 Å². The summed E-state index contributed by atoms with van der Waals surface area (Å²) < 4.78 is 13.4. The van der Waals surface area contributed by atoms with Gasteiger partial charge in [-0.2, -0.15) is 5.10 Å². The van der Waals surface area contributed by atoms with E-state index in [2.05, 4.69) is 5.10 Å². The van der Waals surface area contributed by atoms with Crippen LogP contribution in [0.5, 0.6) is 5.75 Å². The summed E-state index contributed by atoms with van der Waals surface area (Å²) in [6.45, 7) is 3.70. The molecule has 1 aliphatic rings. The van der Waals surface area contributed by atoms with E-state index in [1.165, 1.54) is 0 Å². The summed E-state index contributed by atoms with van der Waals surface area (Å²) in [6, 6.07) is 7.96. The molecule has 0 spiro atoms. The third-order valence-electron chi connectivity index (χ3n) is 4.70. The number of ether oxygens (including phenoxy) is 2. The number of rotatable bonds is 5. The molecule has 0 bridgehead atoms. The molecule has 1 atom stereocenters. The fourth-order valence-corrected chi connectivity index (χ4v) is 3.25. The molecule has 6 nitrogen and oxygen atoms in total. The molecule has 2 heterocycles. The van der Waals surface area contributed by atoms with Crippen molar-refractivity contribution in [3.63, 3.8) is 0 Å². The van der Waals surface area contributed by atoms with Gasteiger partial charge in [-0.15, -0.1) is 0 Å². The van der Waals surface area contributed by atoms with E-state index in [0.717, 1.165) is 30.7 Å². The molecule has 25 heavy (non-hydrogen) atoms. The van der Waals surface area contributed by atoms with Gasteiger partial charge in [0.15, 0.2) is 0 Å². The summed E-state index contributed by atoms with van der Waals surface area (Å²) in [5.41, 5.74) is 1.27. The lowest BCUT2D eigenvalue weighted by Gasteiger charge is -2.41. The number of hydrogen-bond donors (Lipinski definition) is 0. The first-order valence-corrected chi connectivity index (χ1v) is 8.54. The van der Waals surface area contributed by atoms with Crippen LogP contribution in [0, 0.1) is 6.92 Å². The number of benzene rings is 1. The Morgan fingerprint density at radius 2 is 2.24 bits per heavy atom. The van der Waals surface area contributed by atoms with Crippen molar-refractivity contribution in [1.29, 1.82) is 0 Å². The van der Waals surface area contributed by atoms with Crippen LogP contribution < -0.4 is 4.74 Å². The molecule has 1 aromatic heterocycles. The van der Waals surface area contributed by atoms with Crippen molar-refractivity contribution in [3.8, 4) is 5.75 Å². The molecule has 1 aliphatic heterocycles. The average Bonchev–Trinajstić information content (AvgIpc) is 3.06. The number of likely N-dealkylation sites (tertiary alicyclic amines) is 1. The Bertz CT molecular complexity index is 743. The fourth-order valence-electron chi connectivity index (χ4n) is 3.25. The minimum absolute atomic E-state index is 0.00946. The van der Waals surface area contributed by atoms with E-state index >= 15 is 0 Å². The quantitative estimate of drug-likeness (QED) is 0.837. The zero-order valence-electron chi connectivity index (χ0n) is 15.1. The van der Waals surface area contributed by atoms with E-state index in [4.69, 9.17) is 9.47 Å². The van der Waals surface area contributed by atoms with E-state index in [1.807, 2.05) is 43.1 Å². The Labute approximate surface area is 148 Å². The van der Waals surface area contributed by atoms with E-state index in [9.17, 15) is 4.79 Å². The molecule has 1 amide bonds. The average molecular weight is 343 g/mol. The standard InChI is InChI=1S/C19H25N3O3/c1-15-6-4-7-17(10-15)25-14-19(24-3)8-5-9-22(13-19)18(23)16-11-20-21(2)12-16/h4,6-7,10-12H,5,8-9,13-14H2,1-3H3. The van der Waals surface area contributed by atoms with Crippen molar-refractivity contribution in [2.75, 3.05) is 26.8 Å². The molecule has 2 aromatic rings. The molecule has 0 radical (unpaired) electrons. The van der Waals surface area contributed by atoms with Gasteiger partial charge >= 0.3 is 0 Å². The number of nitrogens with zero attached hydrogens (tertiary/aromatic N) is 3. The molecule has 1 saturated heterocycles. The SMILES string of the molecule is COC1(COc2cccc(C)c2)CCCN(C(=O)c2cnn(C)c2)C1. The second kappa shape index (κ2) is 7.27. The van der Waals surface area contributed by atoms with Gasteiger partial charge in [0.2, 0.25) is 0 Å². The Morgan fingerprint density at radius 1 is 1.40 bits per heavy atom. The maximum Gasteiger partial charge on any atom is 0.257 e. The fraction of sp³-hybridized carbons (Fsp3) is 0.474. The predicted octanol–water partition coefficient (Wildman–Crippen LogP) is 2.43. The number of carbonyl (C=O) groups is 1. The van der Waals surface area contributed by atoms with E-state index in [1.54, 1.807) is 24.2 Å². The smallest absolute Gasteiger partial charge is 0.257 e. The van der Waals surface area contributed by atoms with Crippen molar-refractivity contribution in [3.05, 3.63) is 47.8 Å². The van der Waals surface area contributed by atoms with Crippen LogP contribution in [0.25, 0.3) is 0 Å². The third-order valence-corrected chi connectivity index (χ3v) is 4.70. The minimum atomic E-state index is -0.486. The Hall–Kier alpha value is -2.34. The van der Waals surface area contributed by atoms with Crippen molar-refractivity contribution < 1.29 is 14.3 Å². The number of carbonyl (C=O) groups excluding carboxylic acids is 1. The molecular formula is C19H25N3O3. The van der Waals surface area contributed by atoms with Crippen molar-refractivity contribution in [2.24, 2.45) is 7.05 Å². The van der Waals surface area contributed by atoms with Crippen molar-refractivity contribution in [1.82, 2.24) is 14.7 Å². The highest BCUT2D eigenvalue weighted by molar-refractivity contribution is 5.93. The summed E-state index contributed by atoms with van der Waals surface area (Å²) in [4.78, 5) is 14.5. The lowest BCUT2D eigenvalue weighted by Crippen LogP contribution is -2.54. The Balaban J connectivity index is 1.69. The number of aryl methyl sites for hydroxylation is 2. The van der Waals surface area contributed by atoms with Crippen LogP contribution >= 0.6 is 0 Å². The monoisotopic (exact) mass is 343 g/mol. The summed E-state index contributed by atoms with van der Waals surface area (Å²) in [6.07, 6.45) is 5.10. The van der Waals surface area contributed by atoms with Crippen molar-refractivity contribution in [2.45, 2.75) is 25.4 Å². The first kappa shape index (κ1) is 17.5. The molecule has 3 rings (SSSR count). The van der Waals surface area contributed by atoms with Gasteiger partial charge < -0.3 is 14.4 Å². The minimum Gasteiger partial charge on any atom is -0.491 e. The molecule has 1 unspecified atom stereocenters. The van der Waals surface area contributed by atoms with Gasteiger partial charge in [0, 0.05) is 26.9 Å². The number of aromatic nitrogens is 2. The van der Waals surface area contributed by atoms with Gasteiger partial charge in [-0.05, 0) is 37.5 Å². The van der Waals surface area contributed by atoms with Crippen LogP contribution in [-0.4, -0.2) is 53.0 Å².